The highest BCUT2D eigenvalue weighted by atomic mass is 16.5. The molecular weight excluding hydrogens is 250 g/mol. The van der Waals surface area contributed by atoms with Crippen molar-refractivity contribution in [2.75, 3.05) is 0 Å². The molecule has 2 aromatic rings. The highest BCUT2D eigenvalue weighted by molar-refractivity contribution is 5.40. The van der Waals surface area contributed by atoms with Crippen molar-refractivity contribution in [3.8, 4) is 11.8 Å². The minimum Gasteiger partial charge on any atom is -0.489 e. The lowest BCUT2D eigenvalue weighted by Gasteiger charge is -2.10. The van der Waals surface area contributed by atoms with E-state index in [-0.39, 0.29) is 6.04 Å². The summed E-state index contributed by atoms with van der Waals surface area (Å²) in [5.41, 5.74) is 9.71. The Hall–Kier alpha value is -2.38. The van der Waals surface area contributed by atoms with Gasteiger partial charge >= 0.3 is 0 Å². The van der Waals surface area contributed by atoms with Crippen molar-refractivity contribution < 1.29 is 4.74 Å². The number of aryl methyl sites for hydroxylation is 1. The minimum absolute atomic E-state index is 0.155. The minimum atomic E-state index is 0.155. The fourth-order valence-electron chi connectivity index (χ4n) is 2.53. The molecule has 1 heterocycles. The van der Waals surface area contributed by atoms with Crippen molar-refractivity contribution in [3.63, 3.8) is 0 Å². The Morgan fingerprint density at radius 3 is 3.15 bits per heavy atom. The van der Waals surface area contributed by atoms with E-state index in [1.54, 1.807) is 12.3 Å². The maximum atomic E-state index is 8.99. The Labute approximate surface area is 117 Å². The highest BCUT2D eigenvalue weighted by Crippen LogP contribution is 2.32. The number of benzene rings is 1. The molecular formula is C16H15N3O. The molecule has 0 saturated heterocycles. The Morgan fingerprint density at radius 1 is 1.40 bits per heavy atom. The molecule has 1 unspecified atom stereocenters. The Bertz CT molecular complexity index is 676. The van der Waals surface area contributed by atoms with Crippen LogP contribution in [0.5, 0.6) is 5.75 Å². The monoisotopic (exact) mass is 265 g/mol. The molecule has 3 rings (SSSR count). The van der Waals surface area contributed by atoms with Crippen LogP contribution >= 0.6 is 0 Å². The van der Waals surface area contributed by atoms with Crippen LogP contribution in [0.3, 0.4) is 0 Å². The maximum Gasteiger partial charge on any atom is 0.147 e. The normalized spacial score (nSPS) is 16.5. The van der Waals surface area contributed by atoms with Crippen molar-refractivity contribution in [1.29, 1.82) is 5.26 Å². The first-order chi connectivity index (χ1) is 9.78. The largest absolute Gasteiger partial charge is 0.489 e. The number of hydrogen-bond acceptors (Lipinski definition) is 4. The average molecular weight is 265 g/mol. The number of nitrogens with zero attached hydrogens (tertiary/aromatic N) is 2. The van der Waals surface area contributed by atoms with Crippen molar-refractivity contribution >= 4 is 0 Å². The zero-order chi connectivity index (χ0) is 13.9. The summed E-state index contributed by atoms with van der Waals surface area (Å²) in [5, 5.41) is 8.99. The van der Waals surface area contributed by atoms with Gasteiger partial charge in [-0.15, -0.1) is 0 Å². The van der Waals surface area contributed by atoms with Gasteiger partial charge in [-0.2, -0.15) is 5.26 Å². The molecule has 20 heavy (non-hydrogen) atoms. The van der Waals surface area contributed by atoms with Crippen LogP contribution in [-0.2, 0) is 13.0 Å². The molecule has 2 N–H and O–H groups in total. The van der Waals surface area contributed by atoms with E-state index in [1.807, 2.05) is 24.3 Å². The number of fused-ring (bicyclic) bond motifs is 1. The van der Waals surface area contributed by atoms with Gasteiger partial charge in [0.25, 0.3) is 0 Å². The predicted molar refractivity (Wildman–Crippen MR) is 75.0 cm³/mol. The Morgan fingerprint density at radius 2 is 2.30 bits per heavy atom. The zero-order valence-corrected chi connectivity index (χ0v) is 11.0. The van der Waals surface area contributed by atoms with Crippen LogP contribution in [0, 0.1) is 11.3 Å². The third-order valence-electron chi connectivity index (χ3n) is 3.63. The SMILES string of the molecule is N#Cc1ncccc1COc1ccc2c(c1)CCC2N. The molecule has 4 nitrogen and oxygen atoms in total. The van der Waals surface area contributed by atoms with Gasteiger partial charge in [-0.1, -0.05) is 12.1 Å². The predicted octanol–water partition coefficient (Wildman–Crippen LogP) is 2.48. The van der Waals surface area contributed by atoms with Gasteiger partial charge in [0.2, 0.25) is 0 Å². The second kappa shape index (κ2) is 5.32. The van der Waals surface area contributed by atoms with Gasteiger partial charge in [-0.3, -0.25) is 0 Å². The summed E-state index contributed by atoms with van der Waals surface area (Å²) in [7, 11) is 0. The summed E-state index contributed by atoms with van der Waals surface area (Å²) in [6, 6.07) is 11.9. The molecule has 0 aliphatic heterocycles. The fraction of sp³-hybridized carbons (Fsp3) is 0.250. The van der Waals surface area contributed by atoms with E-state index >= 15 is 0 Å². The van der Waals surface area contributed by atoms with Crippen LogP contribution < -0.4 is 10.5 Å². The molecule has 0 fully saturated rings. The van der Waals surface area contributed by atoms with Gasteiger partial charge in [0.05, 0.1) is 0 Å². The van der Waals surface area contributed by atoms with Gasteiger partial charge in [0.15, 0.2) is 0 Å². The number of nitriles is 1. The number of hydrogen-bond donors (Lipinski definition) is 1. The number of ether oxygens (including phenoxy) is 1. The van der Waals surface area contributed by atoms with Crippen molar-refractivity contribution in [3.05, 3.63) is 58.9 Å². The third-order valence-corrected chi connectivity index (χ3v) is 3.63. The number of pyridine rings is 1. The van der Waals surface area contributed by atoms with Crippen LogP contribution in [0.1, 0.15) is 34.8 Å². The number of aromatic nitrogens is 1. The van der Waals surface area contributed by atoms with Gasteiger partial charge in [-0.25, -0.2) is 4.98 Å². The quantitative estimate of drug-likeness (QED) is 0.925. The van der Waals surface area contributed by atoms with Gasteiger partial charge in [0, 0.05) is 17.8 Å². The molecule has 1 aliphatic rings. The first-order valence-corrected chi connectivity index (χ1v) is 6.63. The smallest absolute Gasteiger partial charge is 0.147 e. The lowest BCUT2D eigenvalue weighted by Crippen LogP contribution is -2.05. The molecule has 4 heteroatoms. The number of nitrogens with two attached hydrogens (primary N) is 1. The molecule has 1 atom stereocenters. The average Bonchev–Trinajstić information content (AvgIpc) is 2.86. The second-order valence-electron chi connectivity index (χ2n) is 4.92. The van der Waals surface area contributed by atoms with E-state index in [2.05, 4.69) is 11.1 Å². The standard InChI is InChI=1S/C16H15N3O/c17-9-16-12(2-1-7-19-16)10-20-13-4-5-14-11(8-13)3-6-15(14)18/h1-2,4-5,7-8,15H,3,6,10,18H2. The van der Waals surface area contributed by atoms with Crippen LogP contribution in [-0.4, -0.2) is 4.98 Å². The Kier molecular flexibility index (Phi) is 3.36. The summed E-state index contributed by atoms with van der Waals surface area (Å²) in [6.45, 7) is 0.349. The topological polar surface area (TPSA) is 71.9 Å². The van der Waals surface area contributed by atoms with Crippen LogP contribution in [0.15, 0.2) is 36.5 Å². The summed E-state index contributed by atoms with van der Waals surface area (Å²) >= 11 is 0. The van der Waals surface area contributed by atoms with E-state index < -0.39 is 0 Å². The summed E-state index contributed by atoms with van der Waals surface area (Å²) in [4.78, 5) is 4.02. The van der Waals surface area contributed by atoms with Crippen molar-refractivity contribution in [1.82, 2.24) is 4.98 Å². The first-order valence-electron chi connectivity index (χ1n) is 6.63. The fourth-order valence-corrected chi connectivity index (χ4v) is 2.53. The molecule has 0 radical (unpaired) electrons. The molecule has 0 spiro atoms. The lowest BCUT2D eigenvalue weighted by molar-refractivity contribution is 0.305. The molecule has 0 bridgehead atoms. The molecule has 100 valence electrons. The van der Waals surface area contributed by atoms with E-state index in [0.717, 1.165) is 24.2 Å². The van der Waals surface area contributed by atoms with Gasteiger partial charge in [0.1, 0.15) is 24.1 Å². The zero-order valence-electron chi connectivity index (χ0n) is 11.0. The Balaban J connectivity index is 1.75. The van der Waals surface area contributed by atoms with Crippen LogP contribution in [0.4, 0.5) is 0 Å². The second-order valence-corrected chi connectivity index (χ2v) is 4.92. The molecule has 1 aliphatic carbocycles. The van der Waals surface area contributed by atoms with E-state index in [1.165, 1.54) is 11.1 Å². The summed E-state index contributed by atoms with van der Waals surface area (Å²) in [5.74, 6) is 0.811. The molecule has 1 aromatic heterocycles. The van der Waals surface area contributed by atoms with Crippen molar-refractivity contribution in [2.45, 2.75) is 25.5 Å². The highest BCUT2D eigenvalue weighted by Gasteiger charge is 2.19. The van der Waals surface area contributed by atoms with E-state index in [9.17, 15) is 0 Å². The molecule has 0 saturated carbocycles. The summed E-state index contributed by atoms with van der Waals surface area (Å²) < 4.78 is 5.76. The van der Waals surface area contributed by atoms with Crippen molar-refractivity contribution in [2.24, 2.45) is 5.73 Å². The van der Waals surface area contributed by atoms with Gasteiger partial charge < -0.3 is 10.5 Å². The lowest BCUT2D eigenvalue weighted by atomic mass is 10.1. The van der Waals surface area contributed by atoms with E-state index in [0.29, 0.717) is 12.3 Å². The maximum absolute atomic E-state index is 8.99. The van der Waals surface area contributed by atoms with Crippen LogP contribution in [0.25, 0.3) is 0 Å². The van der Waals surface area contributed by atoms with Gasteiger partial charge in [-0.05, 0) is 42.2 Å². The molecule has 0 amide bonds. The summed E-state index contributed by atoms with van der Waals surface area (Å²) in [6.07, 6.45) is 3.61. The molecule has 1 aromatic carbocycles. The first kappa shape index (κ1) is 12.6. The third kappa shape index (κ3) is 2.36. The number of rotatable bonds is 3. The van der Waals surface area contributed by atoms with Crippen LogP contribution in [0.2, 0.25) is 0 Å². The van der Waals surface area contributed by atoms with E-state index in [4.69, 9.17) is 15.7 Å².